The highest BCUT2D eigenvalue weighted by Crippen LogP contribution is 2.42. The number of ether oxygens (including phenoxy) is 2. The molecule has 11 nitrogen and oxygen atoms in total. The summed E-state index contributed by atoms with van der Waals surface area (Å²) in [6.07, 6.45) is 2.31. The van der Waals surface area contributed by atoms with Gasteiger partial charge in [-0.15, -0.1) is 5.10 Å². The van der Waals surface area contributed by atoms with Crippen molar-refractivity contribution in [1.82, 2.24) is 19.9 Å². The van der Waals surface area contributed by atoms with Gasteiger partial charge in [0.05, 0.1) is 12.2 Å². The fourth-order valence-electron chi connectivity index (χ4n) is 7.32. The number of anilines is 1. The molecular formula is C34H48FN5O6. The number of carbonyl (C=O) groups is 4. The number of carbonyl (C=O) groups excluding carboxylic acids is 4. The van der Waals surface area contributed by atoms with Crippen molar-refractivity contribution in [2.45, 2.75) is 111 Å². The lowest BCUT2D eigenvalue weighted by molar-refractivity contribution is -0.180. The van der Waals surface area contributed by atoms with Crippen LogP contribution in [0.1, 0.15) is 80.6 Å². The number of nitrogens with two attached hydrogens (primary N) is 1. The lowest BCUT2D eigenvalue weighted by Gasteiger charge is -2.41. The van der Waals surface area contributed by atoms with E-state index < -0.39 is 53.1 Å². The maximum Gasteiger partial charge on any atom is 0.410 e. The molecular weight excluding hydrogens is 593 g/mol. The number of unbranched alkanes of at least 4 members (excludes halogenated alkanes) is 1. The first-order valence-corrected chi connectivity index (χ1v) is 16.3. The SMILES string of the molecule is CC[C@H]1OC(=O)[C@@](C)(F)C(=O)[C@H](C)C[C@@H](C)C[C@@H](C)C(=O)[C@H](C)[C@@H]2N(CCCCn3cc(-c4cccc(N)c4)nn3)C(=O)O[C@@]21C. The van der Waals surface area contributed by atoms with Crippen LogP contribution in [0.5, 0.6) is 0 Å². The highest BCUT2D eigenvalue weighted by molar-refractivity contribution is 6.07. The molecule has 2 aliphatic heterocycles. The molecule has 46 heavy (non-hydrogen) atoms. The van der Waals surface area contributed by atoms with E-state index in [2.05, 4.69) is 10.3 Å². The summed E-state index contributed by atoms with van der Waals surface area (Å²) in [5.74, 6) is -4.08. The van der Waals surface area contributed by atoms with Crippen LogP contribution in [-0.4, -0.2) is 73.5 Å². The van der Waals surface area contributed by atoms with Gasteiger partial charge in [-0.1, -0.05) is 52.0 Å². The van der Waals surface area contributed by atoms with E-state index in [1.165, 1.54) is 0 Å². The van der Waals surface area contributed by atoms with E-state index in [0.717, 1.165) is 12.5 Å². The minimum Gasteiger partial charge on any atom is -0.455 e. The van der Waals surface area contributed by atoms with Crippen molar-refractivity contribution in [3.8, 4) is 11.3 Å². The van der Waals surface area contributed by atoms with E-state index in [-0.39, 0.29) is 30.6 Å². The molecule has 1 aromatic carbocycles. The summed E-state index contributed by atoms with van der Waals surface area (Å²) in [6.45, 7) is 12.3. The molecule has 2 saturated heterocycles. The Kier molecular flexibility index (Phi) is 10.6. The maximum absolute atomic E-state index is 15.8. The van der Waals surface area contributed by atoms with E-state index in [9.17, 15) is 19.2 Å². The Balaban J connectivity index is 1.56. The van der Waals surface area contributed by atoms with Gasteiger partial charge in [0.15, 0.2) is 11.4 Å². The largest absolute Gasteiger partial charge is 0.455 e. The normalized spacial score (nSPS) is 32.9. The summed E-state index contributed by atoms with van der Waals surface area (Å²) in [5, 5.41) is 8.46. The van der Waals surface area contributed by atoms with Gasteiger partial charge in [0.25, 0.3) is 5.67 Å². The third-order valence-electron chi connectivity index (χ3n) is 9.70. The Hall–Kier alpha value is -3.83. The number of rotatable bonds is 7. The van der Waals surface area contributed by atoms with Crippen LogP contribution in [0.15, 0.2) is 30.5 Å². The summed E-state index contributed by atoms with van der Waals surface area (Å²) < 4.78 is 29.2. The van der Waals surface area contributed by atoms with Crippen LogP contribution in [0, 0.1) is 23.7 Å². The minimum absolute atomic E-state index is 0.0457. The summed E-state index contributed by atoms with van der Waals surface area (Å²) in [7, 11) is 0. The zero-order valence-corrected chi connectivity index (χ0v) is 28.0. The molecule has 0 radical (unpaired) electrons. The number of hydrogen-bond donors (Lipinski definition) is 1. The molecule has 0 spiro atoms. The van der Waals surface area contributed by atoms with Gasteiger partial charge in [0, 0.05) is 42.1 Å². The lowest BCUT2D eigenvalue weighted by atomic mass is 9.75. The molecule has 1 aromatic heterocycles. The number of Topliss-reactive ketones (excluding diaryl/α,β-unsaturated/α-hetero) is 2. The van der Waals surface area contributed by atoms with Crippen LogP contribution in [0.4, 0.5) is 14.9 Å². The zero-order valence-electron chi connectivity index (χ0n) is 28.0. The summed E-state index contributed by atoms with van der Waals surface area (Å²) in [5.41, 5.74) is 3.75. The fourth-order valence-corrected chi connectivity index (χ4v) is 7.32. The van der Waals surface area contributed by atoms with Gasteiger partial charge < -0.3 is 20.1 Å². The predicted molar refractivity (Wildman–Crippen MR) is 170 cm³/mol. The van der Waals surface area contributed by atoms with E-state index >= 15 is 4.39 Å². The second-order valence-corrected chi connectivity index (χ2v) is 13.6. The first kappa shape index (κ1) is 35.0. The lowest BCUT2D eigenvalue weighted by Crippen LogP contribution is -2.58. The molecule has 2 N–H and O–H groups in total. The van der Waals surface area contributed by atoms with E-state index in [1.807, 2.05) is 38.2 Å². The van der Waals surface area contributed by atoms with Crippen molar-refractivity contribution in [3.63, 3.8) is 0 Å². The first-order valence-electron chi connectivity index (χ1n) is 16.3. The van der Waals surface area contributed by atoms with Gasteiger partial charge in [0.2, 0.25) is 0 Å². The molecule has 252 valence electrons. The van der Waals surface area contributed by atoms with Gasteiger partial charge in [-0.25, -0.2) is 14.0 Å². The number of alkyl halides is 1. The van der Waals surface area contributed by atoms with E-state index in [4.69, 9.17) is 15.2 Å². The zero-order chi connectivity index (χ0) is 34.0. The number of nitrogens with zero attached hydrogens (tertiary/aromatic N) is 4. The number of aromatic nitrogens is 3. The predicted octanol–water partition coefficient (Wildman–Crippen LogP) is 5.41. The smallest absolute Gasteiger partial charge is 0.410 e. The molecule has 4 rings (SSSR count). The number of benzene rings is 1. The molecule has 0 bridgehead atoms. The van der Waals surface area contributed by atoms with Crippen LogP contribution in [-0.2, 0) is 30.4 Å². The van der Waals surface area contributed by atoms with Crippen molar-refractivity contribution in [2.75, 3.05) is 12.3 Å². The Morgan fingerprint density at radius 2 is 1.70 bits per heavy atom. The number of halogens is 1. The van der Waals surface area contributed by atoms with Crippen molar-refractivity contribution >= 4 is 29.3 Å². The number of amides is 1. The number of aryl methyl sites for hydroxylation is 1. The number of esters is 1. The number of hydrogen-bond acceptors (Lipinski definition) is 9. The molecule has 8 atom stereocenters. The number of ketones is 2. The van der Waals surface area contributed by atoms with Gasteiger partial charge in [0.1, 0.15) is 17.6 Å². The Labute approximate surface area is 270 Å². The van der Waals surface area contributed by atoms with Crippen molar-refractivity contribution < 1.29 is 33.0 Å². The maximum atomic E-state index is 15.8. The second kappa shape index (κ2) is 13.9. The van der Waals surface area contributed by atoms with Crippen LogP contribution in [0.2, 0.25) is 0 Å². The van der Waals surface area contributed by atoms with Crippen LogP contribution < -0.4 is 5.73 Å². The summed E-state index contributed by atoms with van der Waals surface area (Å²) in [4.78, 5) is 55.2. The topological polar surface area (TPSA) is 147 Å². The van der Waals surface area contributed by atoms with Crippen molar-refractivity contribution in [2.24, 2.45) is 23.7 Å². The molecule has 0 aliphatic carbocycles. The molecule has 3 heterocycles. The van der Waals surface area contributed by atoms with Crippen LogP contribution in [0.3, 0.4) is 0 Å². The standard InChI is InChI=1S/C34H48FN5O6/c1-8-27-34(7)29(23(5)28(41)21(3)16-20(2)17-22(4)30(42)33(6,35)31(43)45-27)40(32(44)46-34)15-10-9-14-39-19-26(37-38-39)24-12-11-13-25(36)18-24/h11-13,18-23,27,29H,8-10,14-17,36H2,1-7H3/t20-,21+,22+,23-,27+,29-,33-,34+/m0/s1. The van der Waals surface area contributed by atoms with E-state index in [1.54, 1.807) is 43.3 Å². The summed E-state index contributed by atoms with van der Waals surface area (Å²) in [6, 6.07) is 6.60. The van der Waals surface area contributed by atoms with Crippen LogP contribution in [0.25, 0.3) is 11.3 Å². The molecule has 12 heteroatoms. The van der Waals surface area contributed by atoms with Crippen LogP contribution >= 0.6 is 0 Å². The van der Waals surface area contributed by atoms with Crippen molar-refractivity contribution in [1.29, 1.82) is 0 Å². The fraction of sp³-hybridized carbons (Fsp3) is 0.647. The second-order valence-electron chi connectivity index (χ2n) is 13.6. The molecule has 2 aliphatic rings. The third kappa shape index (κ3) is 7.10. The average Bonchev–Trinajstić information content (AvgIpc) is 3.57. The third-order valence-corrected chi connectivity index (χ3v) is 9.70. The highest BCUT2D eigenvalue weighted by atomic mass is 19.1. The highest BCUT2D eigenvalue weighted by Gasteiger charge is 2.60. The molecule has 1 amide bonds. The van der Waals surface area contributed by atoms with Gasteiger partial charge in [-0.2, -0.15) is 0 Å². The van der Waals surface area contributed by atoms with Crippen molar-refractivity contribution in [3.05, 3.63) is 30.5 Å². The van der Waals surface area contributed by atoms with Gasteiger partial charge in [-0.05, 0) is 64.0 Å². The minimum atomic E-state index is -2.87. The molecule has 0 saturated carbocycles. The number of nitrogen functional groups attached to an aromatic ring is 1. The Morgan fingerprint density at radius 1 is 1.02 bits per heavy atom. The molecule has 2 aromatic rings. The average molecular weight is 642 g/mol. The molecule has 2 fully saturated rings. The van der Waals surface area contributed by atoms with Gasteiger partial charge in [-0.3, -0.25) is 14.3 Å². The first-order chi connectivity index (χ1) is 21.6. The monoisotopic (exact) mass is 641 g/mol. The Morgan fingerprint density at radius 3 is 2.37 bits per heavy atom. The van der Waals surface area contributed by atoms with E-state index in [0.29, 0.717) is 43.6 Å². The van der Waals surface area contributed by atoms with Gasteiger partial charge >= 0.3 is 12.1 Å². The molecule has 0 unspecified atom stereocenters. The number of cyclic esters (lactones) is 1. The quantitative estimate of drug-likeness (QED) is 0.181. The Bertz CT molecular complexity index is 1440. The number of fused-ring (bicyclic) bond motifs is 1. The summed E-state index contributed by atoms with van der Waals surface area (Å²) >= 11 is 0.